The van der Waals surface area contributed by atoms with Crippen LogP contribution in [0.15, 0.2) is 42.5 Å². The Balaban J connectivity index is 1.74. The first-order valence-corrected chi connectivity index (χ1v) is 10.2. The molecule has 142 valence electrons. The van der Waals surface area contributed by atoms with E-state index in [0.29, 0.717) is 6.42 Å². The van der Waals surface area contributed by atoms with Gasteiger partial charge in [-0.1, -0.05) is 75.1 Å². The predicted octanol–water partition coefficient (Wildman–Crippen LogP) is 6.05. The van der Waals surface area contributed by atoms with E-state index in [1.807, 2.05) is 38.1 Å². The molecule has 3 nitrogen and oxygen atoms in total. The summed E-state index contributed by atoms with van der Waals surface area (Å²) in [6.07, 6.45) is 7.68. The minimum Gasteiger partial charge on any atom is -0.272 e. The van der Waals surface area contributed by atoms with Crippen LogP contribution in [-0.4, -0.2) is 15.7 Å². The van der Waals surface area contributed by atoms with Gasteiger partial charge in [-0.15, -0.1) is 0 Å². The summed E-state index contributed by atoms with van der Waals surface area (Å²) in [7, 11) is 0. The Morgan fingerprint density at radius 2 is 1.70 bits per heavy atom. The molecular weight excluding hydrogens is 332 g/mol. The first-order valence-electron chi connectivity index (χ1n) is 10.2. The number of carbonyl (C=O) groups is 1. The van der Waals surface area contributed by atoms with E-state index in [0.717, 1.165) is 28.8 Å². The molecule has 1 heterocycles. The van der Waals surface area contributed by atoms with Crippen molar-refractivity contribution >= 4 is 16.7 Å². The number of nitrogens with zero attached hydrogens (tertiary/aromatic N) is 2. The molecule has 0 spiro atoms. The number of hydrogen-bond acceptors (Lipinski definition) is 2. The van der Waals surface area contributed by atoms with Crippen molar-refractivity contribution < 1.29 is 4.79 Å². The summed E-state index contributed by atoms with van der Waals surface area (Å²) in [5.74, 6) is 0.0455. The Hall–Kier alpha value is -2.42. The topological polar surface area (TPSA) is 34.9 Å². The van der Waals surface area contributed by atoms with Crippen molar-refractivity contribution in [2.24, 2.45) is 0 Å². The van der Waals surface area contributed by atoms with Gasteiger partial charge in [0.15, 0.2) is 0 Å². The molecule has 0 amide bonds. The molecule has 0 unspecified atom stereocenters. The van der Waals surface area contributed by atoms with Gasteiger partial charge in [0.1, 0.15) is 0 Å². The van der Waals surface area contributed by atoms with Gasteiger partial charge < -0.3 is 0 Å². The van der Waals surface area contributed by atoms with Gasteiger partial charge in [0.25, 0.3) is 5.91 Å². The van der Waals surface area contributed by atoms with Gasteiger partial charge in [-0.25, -0.2) is 4.68 Å². The summed E-state index contributed by atoms with van der Waals surface area (Å²) < 4.78 is 1.62. The molecule has 0 saturated heterocycles. The van der Waals surface area contributed by atoms with Gasteiger partial charge in [0.2, 0.25) is 0 Å². The lowest BCUT2D eigenvalue weighted by Gasteiger charge is -2.08. The van der Waals surface area contributed by atoms with Crippen LogP contribution < -0.4 is 0 Å². The van der Waals surface area contributed by atoms with Crippen LogP contribution in [0.2, 0.25) is 0 Å². The third kappa shape index (κ3) is 4.47. The first-order chi connectivity index (χ1) is 13.1. The zero-order chi connectivity index (χ0) is 19.2. The maximum atomic E-state index is 13.0. The molecule has 0 saturated carbocycles. The van der Waals surface area contributed by atoms with Gasteiger partial charge in [-0.05, 0) is 48.6 Å². The van der Waals surface area contributed by atoms with Crippen LogP contribution in [0.4, 0.5) is 0 Å². The summed E-state index contributed by atoms with van der Waals surface area (Å²) in [6, 6.07) is 14.4. The monoisotopic (exact) mass is 362 g/mol. The minimum absolute atomic E-state index is 0.0455. The molecule has 0 atom stereocenters. The van der Waals surface area contributed by atoms with Crippen LogP contribution in [0, 0.1) is 13.8 Å². The van der Waals surface area contributed by atoms with Crippen molar-refractivity contribution in [1.29, 1.82) is 0 Å². The highest BCUT2D eigenvalue weighted by molar-refractivity contribution is 5.91. The van der Waals surface area contributed by atoms with E-state index < -0.39 is 0 Å². The normalized spacial score (nSPS) is 11.2. The van der Waals surface area contributed by atoms with Crippen molar-refractivity contribution in [1.82, 2.24) is 9.78 Å². The Kier molecular flexibility index (Phi) is 6.44. The molecular formula is C24H30N2O. The van der Waals surface area contributed by atoms with Crippen molar-refractivity contribution in [3.63, 3.8) is 0 Å². The number of rotatable bonds is 8. The molecule has 0 bridgehead atoms. The molecule has 0 radical (unpaired) electrons. The van der Waals surface area contributed by atoms with Gasteiger partial charge in [-0.3, -0.25) is 4.79 Å². The van der Waals surface area contributed by atoms with E-state index >= 15 is 0 Å². The number of benzene rings is 2. The van der Waals surface area contributed by atoms with Crippen molar-refractivity contribution in [3.05, 3.63) is 65.0 Å². The largest absolute Gasteiger partial charge is 0.272 e. The Morgan fingerprint density at radius 3 is 2.52 bits per heavy atom. The van der Waals surface area contributed by atoms with E-state index in [1.54, 1.807) is 4.68 Å². The van der Waals surface area contributed by atoms with E-state index in [9.17, 15) is 4.79 Å². The Morgan fingerprint density at radius 1 is 0.963 bits per heavy atom. The summed E-state index contributed by atoms with van der Waals surface area (Å²) in [5, 5.41) is 6.88. The molecule has 27 heavy (non-hydrogen) atoms. The summed E-state index contributed by atoms with van der Waals surface area (Å²) in [6.45, 7) is 6.29. The van der Waals surface area contributed by atoms with Gasteiger partial charge in [0, 0.05) is 5.69 Å². The number of fused-ring (bicyclic) bond motifs is 1. The second kappa shape index (κ2) is 8.98. The van der Waals surface area contributed by atoms with Crippen LogP contribution >= 0.6 is 0 Å². The molecule has 0 aliphatic heterocycles. The fourth-order valence-corrected chi connectivity index (χ4v) is 3.87. The van der Waals surface area contributed by atoms with Crippen LogP contribution in [0.5, 0.6) is 0 Å². The maximum absolute atomic E-state index is 13.0. The summed E-state index contributed by atoms with van der Waals surface area (Å²) in [4.78, 5) is 13.0. The fourth-order valence-electron chi connectivity index (χ4n) is 3.87. The lowest BCUT2D eigenvalue weighted by Crippen LogP contribution is -2.17. The van der Waals surface area contributed by atoms with Crippen LogP contribution in [0.3, 0.4) is 0 Å². The molecule has 1 aromatic heterocycles. The van der Waals surface area contributed by atoms with E-state index in [-0.39, 0.29) is 5.91 Å². The maximum Gasteiger partial charge on any atom is 0.251 e. The minimum atomic E-state index is 0.0455. The summed E-state index contributed by atoms with van der Waals surface area (Å²) >= 11 is 0. The molecule has 3 heteroatoms. The molecule has 3 aromatic rings. The average Bonchev–Trinajstić information content (AvgIpc) is 2.96. The van der Waals surface area contributed by atoms with Gasteiger partial charge >= 0.3 is 0 Å². The van der Waals surface area contributed by atoms with Gasteiger partial charge in [-0.2, -0.15) is 5.10 Å². The molecule has 0 aliphatic rings. The lowest BCUT2D eigenvalue weighted by atomic mass is 10.0. The number of aryl methyl sites for hydroxylation is 1. The molecule has 3 rings (SSSR count). The second-order valence-corrected chi connectivity index (χ2v) is 7.43. The molecule has 0 aliphatic carbocycles. The second-order valence-electron chi connectivity index (χ2n) is 7.43. The standard InChI is InChI=1S/C24H30N2O/c1-4-5-6-7-8-15-22-18(2)25-26(19(22)3)24(27)17-21-14-11-13-20-12-9-10-16-23(20)21/h9-14,16H,4-8,15,17H2,1-3H3. The van der Waals surface area contributed by atoms with Crippen LogP contribution in [0.25, 0.3) is 10.8 Å². The van der Waals surface area contributed by atoms with E-state index in [2.05, 4.69) is 30.2 Å². The lowest BCUT2D eigenvalue weighted by molar-refractivity contribution is 0.0896. The van der Waals surface area contributed by atoms with E-state index in [4.69, 9.17) is 0 Å². The van der Waals surface area contributed by atoms with Crippen molar-refractivity contribution in [2.45, 2.75) is 65.7 Å². The molecule has 0 N–H and O–H groups in total. The van der Waals surface area contributed by atoms with Crippen LogP contribution in [-0.2, 0) is 12.8 Å². The Labute approximate surface area is 162 Å². The Bertz CT molecular complexity index is 918. The number of aromatic nitrogens is 2. The van der Waals surface area contributed by atoms with E-state index in [1.165, 1.54) is 43.1 Å². The van der Waals surface area contributed by atoms with Crippen molar-refractivity contribution in [3.8, 4) is 0 Å². The number of carbonyl (C=O) groups excluding carboxylic acids is 1. The van der Waals surface area contributed by atoms with Gasteiger partial charge in [0.05, 0.1) is 12.1 Å². The zero-order valence-corrected chi connectivity index (χ0v) is 16.8. The third-order valence-electron chi connectivity index (χ3n) is 5.43. The zero-order valence-electron chi connectivity index (χ0n) is 16.8. The fraction of sp³-hybridized carbons (Fsp3) is 0.417. The van der Waals surface area contributed by atoms with Crippen LogP contribution in [0.1, 0.15) is 66.3 Å². The quantitative estimate of drug-likeness (QED) is 0.457. The highest BCUT2D eigenvalue weighted by Gasteiger charge is 2.17. The SMILES string of the molecule is CCCCCCCc1c(C)nn(C(=O)Cc2cccc3ccccc23)c1C. The summed E-state index contributed by atoms with van der Waals surface area (Å²) in [5.41, 5.74) is 4.31. The molecule has 0 fully saturated rings. The van der Waals surface area contributed by atoms with Crippen molar-refractivity contribution in [2.75, 3.05) is 0 Å². The highest BCUT2D eigenvalue weighted by atomic mass is 16.2. The highest BCUT2D eigenvalue weighted by Crippen LogP contribution is 2.21. The number of unbranched alkanes of at least 4 members (excludes halogenated alkanes) is 4. The first kappa shape index (κ1) is 19.3. The molecule has 2 aromatic carbocycles. The average molecular weight is 363 g/mol. The smallest absolute Gasteiger partial charge is 0.251 e. The predicted molar refractivity (Wildman–Crippen MR) is 112 cm³/mol. The third-order valence-corrected chi connectivity index (χ3v) is 5.43. The number of hydrogen-bond donors (Lipinski definition) is 0.